The molecule has 1 aromatic carbocycles. The Balaban J connectivity index is 1.56. The van der Waals surface area contributed by atoms with E-state index in [4.69, 9.17) is 13.9 Å². The zero-order valence-electron chi connectivity index (χ0n) is 15.4. The Hall–Kier alpha value is -2.33. The van der Waals surface area contributed by atoms with Crippen LogP contribution in [-0.4, -0.2) is 45.7 Å². The van der Waals surface area contributed by atoms with Gasteiger partial charge in [-0.1, -0.05) is 0 Å². The number of furan rings is 1. The van der Waals surface area contributed by atoms with Gasteiger partial charge in [0.2, 0.25) is 22.7 Å². The second kappa shape index (κ2) is 9.24. The van der Waals surface area contributed by atoms with Gasteiger partial charge in [0, 0.05) is 18.4 Å². The number of hydrogen-bond acceptors (Lipinski definition) is 7. The number of fused-ring (bicyclic) bond motifs is 1. The summed E-state index contributed by atoms with van der Waals surface area (Å²) in [4.78, 5) is 12.3. The fraction of sp³-hybridized carbons (Fsp3) is 0.389. The molecule has 0 unspecified atom stereocenters. The van der Waals surface area contributed by atoms with Crippen LogP contribution in [0.5, 0.6) is 11.5 Å². The minimum absolute atomic E-state index is 0.0927. The first-order valence-corrected chi connectivity index (χ1v) is 11.5. The number of carbonyl (C=O) groups is 1. The van der Waals surface area contributed by atoms with Crippen LogP contribution >= 0.6 is 11.8 Å². The lowest BCUT2D eigenvalue weighted by molar-refractivity contribution is -0.119. The summed E-state index contributed by atoms with van der Waals surface area (Å²) >= 11 is 1.62. The van der Waals surface area contributed by atoms with Gasteiger partial charge in [0.1, 0.15) is 12.3 Å². The first-order valence-electron chi connectivity index (χ1n) is 8.76. The molecule has 1 N–H and O–H groups in total. The van der Waals surface area contributed by atoms with Gasteiger partial charge >= 0.3 is 0 Å². The fourth-order valence-corrected chi connectivity index (χ4v) is 4.38. The summed E-state index contributed by atoms with van der Waals surface area (Å²) in [7, 11) is -3.63. The maximum atomic E-state index is 12.5. The van der Waals surface area contributed by atoms with E-state index >= 15 is 0 Å². The lowest BCUT2D eigenvalue weighted by atomic mass is 10.3. The van der Waals surface area contributed by atoms with Crippen molar-refractivity contribution in [1.29, 1.82) is 0 Å². The summed E-state index contributed by atoms with van der Waals surface area (Å²) in [6, 6.07) is 8.54. The Bertz CT molecular complexity index is 899. The zero-order chi connectivity index (χ0) is 20.0. The SMILES string of the molecule is CCS(=O)(=O)N(CC(=O)NCCSCc1ccco1)c1ccc2c(c1)OCO2. The van der Waals surface area contributed by atoms with Crippen molar-refractivity contribution in [2.75, 3.05) is 35.7 Å². The highest BCUT2D eigenvalue weighted by Gasteiger charge is 2.25. The van der Waals surface area contributed by atoms with Crippen LogP contribution in [0.15, 0.2) is 41.0 Å². The van der Waals surface area contributed by atoms with Crippen LogP contribution in [0, 0.1) is 0 Å². The molecule has 0 aliphatic carbocycles. The molecule has 1 aliphatic rings. The molecule has 1 amide bonds. The van der Waals surface area contributed by atoms with Crippen LogP contribution in [0.25, 0.3) is 0 Å². The molecule has 2 heterocycles. The van der Waals surface area contributed by atoms with E-state index in [0.717, 1.165) is 15.8 Å². The summed E-state index contributed by atoms with van der Waals surface area (Å²) in [5.41, 5.74) is 0.369. The first-order chi connectivity index (χ1) is 13.5. The van der Waals surface area contributed by atoms with Gasteiger partial charge in [-0.2, -0.15) is 11.8 Å². The number of thioether (sulfide) groups is 1. The predicted octanol–water partition coefficient (Wildman–Crippen LogP) is 2.21. The smallest absolute Gasteiger partial charge is 0.240 e. The lowest BCUT2D eigenvalue weighted by Crippen LogP contribution is -2.42. The molecule has 3 rings (SSSR count). The highest BCUT2D eigenvalue weighted by molar-refractivity contribution is 7.98. The van der Waals surface area contributed by atoms with Crippen molar-refractivity contribution in [1.82, 2.24) is 5.32 Å². The van der Waals surface area contributed by atoms with Crippen LogP contribution < -0.4 is 19.1 Å². The van der Waals surface area contributed by atoms with E-state index in [2.05, 4.69) is 5.32 Å². The van der Waals surface area contributed by atoms with Crippen molar-refractivity contribution < 1.29 is 27.1 Å². The van der Waals surface area contributed by atoms with Gasteiger partial charge in [0.05, 0.1) is 23.5 Å². The molecule has 0 saturated heterocycles. The number of rotatable bonds is 10. The fourth-order valence-electron chi connectivity index (χ4n) is 2.56. The highest BCUT2D eigenvalue weighted by Crippen LogP contribution is 2.36. The molecular formula is C18H22N2O6S2. The number of sulfonamides is 1. The average Bonchev–Trinajstić information content (AvgIpc) is 3.36. The van der Waals surface area contributed by atoms with E-state index in [-0.39, 0.29) is 25.0 Å². The standard InChI is InChI=1S/C18H22N2O6S2/c1-2-28(22,23)20(14-5-6-16-17(10-14)26-13-25-16)11-18(21)19-7-9-27-12-15-4-3-8-24-15/h3-6,8,10H,2,7,9,11-13H2,1H3,(H,19,21). The number of carbonyl (C=O) groups excluding carboxylic acids is 1. The van der Waals surface area contributed by atoms with Crippen LogP contribution in [0.3, 0.4) is 0 Å². The number of benzene rings is 1. The van der Waals surface area contributed by atoms with Crippen LogP contribution in [0.1, 0.15) is 12.7 Å². The molecular weight excluding hydrogens is 404 g/mol. The lowest BCUT2D eigenvalue weighted by Gasteiger charge is -2.23. The monoisotopic (exact) mass is 426 g/mol. The van der Waals surface area contributed by atoms with Gasteiger partial charge in [-0.05, 0) is 31.2 Å². The van der Waals surface area contributed by atoms with E-state index in [9.17, 15) is 13.2 Å². The molecule has 0 atom stereocenters. The third kappa shape index (κ3) is 5.14. The number of hydrogen-bond donors (Lipinski definition) is 1. The van der Waals surface area contributed by atoms with Gasteiger partial charge in [-0.3, -0.25) is 9.10 Å². The van der Waals surface area contributed by atoms with Gasteiger partial charge < -0.3 is 19.2 Å². The molecule has 1 aliphatic heterocycles. The minimum Gasteiger partial charge on any atom is -0.468 e. The number of ether oxygens (including phenoxy) is 2. The molecule has 0 bridgehead atoms. The van der Waals surface area contributed by atoms with Crippen molar-refractivity contribution in [3.05, 3.63) is 42.4 Å². The Labute approximate surface area is 168 Å². The third-order valence-corrected chi connectivity index (χ3v) is 6.75. The van der Waals surface area contributed by atoms with Gasteiger partial charge in [-0.25, -0.2) is 8.42 Å². The quantitative estimate of drug-likeness (QED) is 0.582. The van der Waals surface area contributed by atoms with Gasteiger partial charge in [0.25, 0.3) is 0 Å². The van der Waals surface area contributed by atoms with Crippen LogP contribution in [-0.2, 0) is 20.6 Å². The van der Waals surface area contributed by atoms with Crippen LogP contribution in [0.2, 0.25) is 0 Å². The Morgan fingerprint density at radius 1 is 1.25 bits per heavy atom. The number of anilines is 1. The molecule has 10 heteroatoms. The average molecular weight is 427 g/mol. The number of nitrogens with one attached hydrogen (secondary N) is 1. The van der Waals surface area contributed by atoms with Gasteiger partial charge in [0.15, 0.2) is 11.5 Å². The summed E-state index contributed by atoms with van der Waals surface area (Å²) in [6.45, 7) is 1.78. The maximum absolute atomic E-state index is 12.5. The molecule has 8 nitrogen and oxygen atoms in total. The van der Waals surface area contributed by atoms with Crippen molar-refractivity contribution in [3.8, 4) is 11.5 Å². The Morgan fingerprint density at radius 2 is 2.07 bits per heavy atom. The number of nitrogens with zero attached hydrogens (tertiary/aromatic N) is 1. The largest absolute Gasteiger partial charge is 0.468 e. The Morgan fingerprint density at radius 3 is 2.82 bits per heavy atom. The van der Waals surface area contributed by atoms with E-state index in [1.807, 2.05) is 12.1 Å². The minimum atomic E-state index is -3.63. The molecule has 0 saturated carbocycles. The zero-order valence-corrected chi connectivity index (χ0v) is 17.1. The van der Waals surface area contributed by atoms with Gasteiger partial charge in [-0.15, -0.1) is 0 Å². The molecule has 152 valence electrons. The molecule has 2 aromatic rings. The van der Waals surface area contributed by atoms with E-state index < -0.39 is 10.0 Å². The van der Waals surface area contributed by atoms with E-state index in [1.165, 1.54) is 0 Å². The second-order valence-electron chi connectivity index (χ2n) is 5.93. The van der Waals surface area contributed by atoms with Crippen molar-refractivity contribution in [3.63, 3.8) is 0 Å². The molecule has 1 aromatic heterocycles. The summed E-state index contributed by atoms with van der Waals surface area (Å²) in [5.74, 6) is 2.81. The molecule has 0 radical (unpaired) electrons. The summed E-state index contributed by atoms with van der Waals surface area (Å²) < 4.78 is 41.9. The maximum Gasteiger partial charge on any atom is 0.240 e. The van der Waals surface area contributed by atoms with Crippen molar-refractivity contribution in [2.24, 2.45) is 0 Å². The third-order valence-electron chi connectivity index (χ3n) is 4.02. The second-order valence-corrected chi connectivity index (χ2v) is 9.21. The topological polar surface area (TPSA) is 98.1 Å². The number of amides is 1. The van der Waals surface area contributed by atoms with E-state index in [1.54, 1.807) is 43.1 Å². The molecule has 0 fully saturated rings. The summed E-state index contributed by atoms with van der Waals surface area (Å²) in [6.07, 6.45) is 1.62. The normalized spacial score (nSPS) is 12.8. The Kier molecular flexibility index (Phi) is 6.74. The molecule has 28 heavy (non-hydrogen) atoms. The van der Waals surface area contributed by atoms with Crippen LogP contribution in [0.4, 0.5) is 5.69 Å². The molecule has 0 spiro atoms. The van der Waals surface area contributed by atoms with Crippen molar-refractivity contribution >= 4 is 33.4 Å². The van der Waals surface area contributed by atoms with Crippen molar-refractivity contribution in [2.45, 2.75) is 12.7 Å². The first kappa shape index (κ1) is 20.4. The van der Waals surface area contributed by atoms with E-state index in [0.29, 0.717) is 29.5 Å². The predicted molar refractivity (Wildman–Crippen MR) is 107 cm³/mol. The summed E-state index contributed by atoms with van der Waals surface area (Å²) in [5, 5.41) is 2.76. The highest BCUT2D eigenvalue weighted by atomic mass is 32.2.